The maximum Gasteiger partial charge on any atom is 0.316 e. The summed E-state index contributed by atoms with van der Waals surface area (Å²) in [6.45, 7) is 6.07. The van der Waals surface area contributed by atoms with Gasteiger partial charge in [0.1, 0.15) is 0 Å². The van der Waals surface area contributed by atoms with Gasteiger partial charge in [-0.3, -0.25) is 9.78 Å². The van der Waals surface area contributed by atoms with Crippen molar-refractivity contribution in [3.8, 4) is 6.01 Å². The molecule has 0 spiro atoms. The molecule has 29 heavy (non-hydrogen) atoms. The highest BCUT2D eigenvalue weighted by atomic mass is 16.5. The summed E-state index contributed by atoms with van der Waals surface area (Å²) in [4.78, 5) is 28.0. The molecule has 1 amide bonds. The number of aromatic nitrogens is 3. The maximum atomic E-state index is 13.0. The van der Waals surface area contributed by atoms with Crippen LogP contribution in [-0.4, -0.2) is 53.1 Å². The standard InChI is InChI=1S/C21H24N6O2/c1-13-11-27(12-14(2)24-13)18-5-4-16(19-17(18)10-23-21(26-19)29-3)20(28)25-15-6-8-22-9-7-15/h4-10,13-14,24H,11-12H2,1-3H3,(H,22,25,28)/t13-,14-/m1/s1. The molecule has 1 fully saturated rings. The third-order valence-electron chi connectivity index (χ3n) is 4.97. The van der Waals surface area contributed by atoms with Crippen molar-refractivity contribution in [2.45, 2.75) is 25.9 Å². The van der Waals surface area contributed by atoms with E-state index in [2.05, 4.69) is 44.3 Å². The summed E-state index contributed by atoms with van der Waals surface area (Å²) >= 11 is 0. The number of piperazine rings is 1. The topological polar surface area (TPSA) is 92.3 Å². The fraction of sp³-hybridized carbons (Fsp3) is 0.333. The lowest BCUT2D eigenvalue weighted by Crippen LogP contribution is -2.54. The molecule has 0 radical (unpaired) electrons. The van der Waals surface area contributed by atoms with Gasteiger partial charge in [-0.05, 0) is 38.1 Å². The number of hydrogen-bond donors (Lipinski definition) is 2. The van der Waals surface area contributed by atoms with Gasteiger partial charge in [-0.25, -0.2) is 4.98 Å². The summed E-state index contributed by atoms with van der Waals surface area (Å²) in [5.74, 6) is -0.240. The molecule has 1 aliphatic heterocycles. The molecule has 3 aromatic rings. The number of anilines is 2. The second kappa shape index (κ2) is 8.00. The predicted molar refractivity (Wildman–Crippen MR) is 113 cm³/mol. The molecule has 0 unspecified atom stereocenters. The zero-order chi connectivity index (χ0) is 20.4. The summed E-state index contributed by atoms with van der Waals surface area (Å²) in [5, 5.41) is 7.27. The van der Waals surface area contributed by atoms with Crippen LogP contribution in [-0.2, 0) is 0 Å². The number of methoxy groups -OCH3 is 1. The summed E-state index contributed by atoms with van der Waals surface area (Å²) in [7, 11) is 1.52. The second-order valence-corrected chi connectivity index (χ2v) is 7.31. The van der Waals surface area contributed by atoms with Crippen LogP contribution in [0.3, 0.4) is 0 Å². The van der Waals surface area contributed by atoms with E-state index >= 15 is 0 Å². The zero-order valence-electron chi connectivity index (χ0n) is 16.7. The molecule has 1 saturated heterocycles. The van der Waals surface area contributed by atoms with E-state index in [1.54, 1.807) is 30.7 Å². The Kier molecular flexibility index (Phi) is 5.26. The van der Waals surface area contributed by atoms with Crippen LogP contribution in [0.4, 0.5) is 11.4 Å². The average molecular weight is 392 g/mol. The van der Waals surface area contributed by atoms with E-state index in [0.29, 0.717) is 28.9 Å². The highest BCUT2D eigenvalue weighted by Crippen LogP contribution is 2.30. The molecule has 8 nitrogen and oxygen atoms in total. The first-order chi connectivity index (χ1) is 14.0. The van der Waals surface area contributed by atoms with Crippen LogP contribution in [0.5, 0.6) is 6.01 Å². The van der Waals surface area contributed by atoms with Gasteiger partial charge in [0, 0.05) is 60.5 Å². The Balaban J connectivity index is 1.77. The van der Waals surface area contributed by atoms with Crippen LogP contribution < -0.4 is 20.3 Å². The predicted octanol–water partition coefficient (Wildman–Crippen LogP) is 2.47. The van der Waals surface area contributed by atoms with Crippen molar-refractivity contribution >= 4 is 28.2 Å². The Hall–Kier alpha value is -3.26. The van der Waals surface area contributed by atoms with Gasteiger partial charge in [-0.1, -0.05) is 0 Å². The van der Waals surface area contributed by atoms with E-state index in [-0.39, 0.29) is 11.9 Å². The maximum absolute atomic E-state index is 13.0. The van der Waals surface area contributed by atoms with Gasteiger partial charge >= 0.3 is 6.01 Å². The number of fused-ring (bicyclic) bond motifs is 1. The van der Waals surface area contributed by atoms with Crippen molar-refractivity contribution in [3.05, 3.63) is 48.4 Å². The fourth-order valence-corrected chi connectivity index (χ4v) is 3.80. The molecule has 0 aliphatic carbocycles. The van der Waals surface area contributed by atoms with E-state index in [4.69, 9.17) is 4.74 Å². The van der Waals surface area contributed by atoms with E-state index in [9.17, 15) is 4.79 Å². The fourth-order valence-electron chi connectivity index (χ4n) is 3.80. The minimum Gasteiger partial charge on any atom is -0.467 e. The van der Waals surface area contributed by atoms with E-state index in [1.807, 2.05) is 12.1 Å². The quantitative estimate of drug-likeness (QED) is 0.705. The minimum absolute atomic E-state index is 0.231. The molecular formula is C21H24N6O2. The van der Waals surface area contributed by atoms with Gasteiger partial charge in [0.25, 0.3) is 5.91 Å². The summed E-state index contributed by atoms with van der Waals surface area (Å²) in [6, 6.07) is 8.24. The van der Waals surface area contributed by atoms with Gasteiger partial charge in [0.2, 0.25) is 0 Å². The lowest BCUT2D eigenvalue weighted by Gasteiger charge is -2.38. The SMILES string of the molecule is COc1ncc2c(N3C[C@@H](C)N[C@H](C)C3)ccc(C(=O)Nc3ccncc3)c2n1. The van der Waals surface area contributed by atoms with Crippen molar-refractivity contribution in [2.24, 2.45) is 0 Å². The Bertz CT molecular complexity index is 1020. The number of nitrogens with zero attached hydrogens (tertiary/aromatic N) is 4. The summed E-state index contributed by atoms with van der Waals surface area (Å²) in [5.41, 5.74) is 2.73. The number of carbonyl (C=O) groups is 1. The lowest BCUT2D eigenvalue weighted by atomic mass is 10.0. The number of benzene rings is 1. The number of hydrogen-bond acceptors (Lipinski definition) is 7. The summed E-state index contributed by atoms with van der Waals surface area (Å²) < 4.78 is 5.21. The largest absolute Gasteiger partial charge is 0.467 e. The molecule has 1 aromatic carbocycles. The van der Waals surface area contributed by atoms with E-state index in [0.717, 1.165) is 24.2 Å². The normalized spacial score (nSPS) is 19.2. The molecule has 0 bridgehead atoms. The van der Waals surface area contributed by atoms with Gasteiger partial charge < -0.3 is 20.3 Å². The number of rotatable bonds is 4. The van der Waals surface area contributed by atoms with Crippen molar-refractivity contribution in [1.29, 1.82) is 0 Å². The van der Waals surface area contributed by atoms with Crippen molar-refractivity contribution in [3.63, 3.8) is 0 Å². The molecular weight excluding hydrogens is 368 g/mol. The number of ether oxygens (including phenoxy) is 1. The third kappa shape index (κ3) is 3.97. The van der Waals surface area contributed by atoms with Crippen LogP contribution in [0.1, 0.15) is 24.2 Å². The smallest absolute Gasteiger partial charge is 0.316 e. The Labute approximate surface area is 169 Å². The van der Waals surface area contributed by atoms with Crippen LogP contribution in [0.2, 0.25) is 0 Å². The van der Waals surface area contributed by atoms with Crippen LogP contribution in [0.25, 0.3) is 10.9 Å². The molecule has 2 atom stereocenters. The van der Waals surface area contributed by atoms with Gasteiger partial charge in [0.15, 0.2) is 0 Å². The second-order valence-electron chi connectivity index (χ2n) is 7.31. The molecule has 4 rings (SSSR count). The first-order valence-electron chi connectivity index (χ1n) is 9.61. The lowest BCUT2D eigenvalue weighted by molar-refractivity contribution is 0.102. The zero-order valence-corrected chi connectivity index (χ0v) is 16.7. The van der Waals surface area contributed by atoms with Gasteiger partial charge in [-0.2, -0.15) is 4.98 Å². The van der Waals surface area contributed by atoms with Crippen LogP contribution in [0.15, 0.2) is 42.9 Å². The number of carbonyl (C=O) groups excluding carboxylic acids is 1. The first-order valence-corrected chi connectivity index (χ1v) is 9.61. The Morgan fingerprint density at radius 1 is 1.17 bits per heavy atom. The van der Waals surface area contributed by atoms with Gasteiger partial charge in [-0.15, -0.1) is 0 Å². The van der Waals surface area contributed by atoms with Crippen molar-refractivity contribution < 1.29 is 9.53 Å². The third-order valence-corrected chi connectivity index (χ3v) is 4.97. The highest BCUT2D eigenvalue weighted by Gasteiger charge is 2.24. The number of pyridine rings is 1. The average Bonchev–Trinajstić information content (AvgIpc) is 2.72. The first kappa shape index (κ1) is 19.1. The number of amides is 1. The highest BCUT2D eigenvalue weighted by molar-refractivity contribution is 6.13. The molecule has 3 heterocycles. The Morgan fingerprint density at radius 3 is 2.59 bits per heavy atom. The Morgan fingerprint density at radius 2 is 1.90 bits per heavy atom. The van der Waals surface area contributed by atoms with Gasteiger partial charge in [0.05, 0.1) is 18.2 Å². The molecule has 1 aliphatic rings. The molecule has 2 N–H and O–H groups in total. The van der Waals surface area contributed by atoms with Crippen molar-refractivity contribution in [2.75, 3.05) is 30.4 Å². The molecule has 0 saturated carbocycles. The molecule has 8 heteroatoms. The monoisotopic (exact) mass is 392 g/mol. The molecule has 150 valence electrons. The molecule has 2 aromatic heterocycles. The van der Waals surface area contributed by atoms with E-state index < -0.39 is 0 Å². The van der Waals surface area contributed by atoms with E-state index in [1.165, 1.54) is 7.11 Å². The van der Waals surface area contributed by atoms with Crippen molar-refractivity contribution in [1.82, 2.24) is 20.3 Å². The summed E-state index contributed by atoms with van der Waals surface area (Å²) in [6.07, 6.45) is 5.00. The van der Waals surface area contributed by atoms with Crippen LogP contribution in [0, 0.1) is 0 Å². The van der Waals surface area contributed by atoms with Crippen LogP contribution >= 0.6 is 0 Å². The minimum atomic E-state index is -0.240. The number of nitrogens with one attached hydrogen (secondary N) is 2.